The van der Waals surface area contributed by atoms with Crippen LogP contribution in [0.4, 0.5) is 28.8 Å². The van der Waals surface area contributed by atoms with Gasteiger partial charge in [-0.2, -0.15) is 4.98 Å². The first-order chi connectivity index (χ1) is 16.4. The molecular weight excluding hydrogens is 470 g/mol. The minimum Gasteiger partial charge on any atom is -0.339 e. The summed E-state index contributed by atoms with van der Waals surface area (Å²) in [5, 5.41) is 6.81. The minimum atomic E-state index is -3.74. The van der Waals surface area contributed by atoms with Crippen molar-refractivity contribution < 1.29 is 8.42 Å². The van der Waals surface area contributed by atoms with Gasteiger partial charge in [0.05, 0.1) is 16.8 Å². The standard InChI is InChI=1S/C25H22ClN5O2S/c1-16-4-2-7-21(12-16)34(32,33)31-23-11-10-20-14-18(23)9-8-17-5-3-6-19(13-17)29-25-27-15-22(26)24(28-20)30-25/h2-7,10-15,31H,8-9H2,1H3,(H2,27,28,29,30). The maximum Gasteiger partial charge on any atom is 0.261 e. The number of anilines is 5. The zero-order valence-electron chi connectivity index (χ0n) is 18.3. The lowest BCUT2D eigenvalue weighted by atomic mass is 10.0. The van der Waals surface area contributed by atoms with E-state index in [1.54, 1.807) is 30.3 Å². The average molecular weight is 492 g/mol. The fraction of sp³-hybridized carbons (Fsp3) is 0.120. The maximum absolute atomic E-state index is 13.1. The van der Waals surface area contributed by atoms with Gasteiger partial charge in [0, 0.05) is 11.4 Å². The van der Waals surface area contributed by atoms with Crippen LogP contribution < -0.4 is 15.4 Å². The molecule has 0 atom stereocenters. The molecule has 0 radical (unpaired) electrons. The Morgan fingerprint density at radius 1 is 0.941 bits per heavy atom. The number of rotatable bonds is 3. The second-order valence-corrected chi connectivity index (χ2v) is 10.2. The number of benzene rings is 3. The Labute approximate surface area is 203 Å². The Balaban J connectivity index is 1.56. The van der Waals surface area contributed by atoms with E-state index in [9.17, 15) is 8.42 Å². The van der Waals surface area contributed by atoms with Crippen LogP contribution in [0.2, 0.25) is 5.02 Å². The van der Waals surface area contributed by atoms with Crippen molar-refractivity contribution >= 4 is 50.5 Å². The third-order valence-corrected chi connectivity index (χ3v) is 7.16. The molecule has 34 heavy (non-hydrogen) atoms. The lowest BCUT2D eigenvalue weighted by molar-refractivity contribution is 0.601. The van der Waals surface area contributed by atoms with Gasteiger partial charge in [0.25, 0.3) is 10.0 Å². The Hall–Kier alpha value is -3.62. The van der Waals surface area contributed by atoms with Gasteiger partial charge in [0.1, 0.15) is 5.02 Å². The summed E-state index contributed by atoms with van der Waals surface area (Å²) in [7, 11) is -3.74. The van der Waals surface area contributed by atoms with E-state index in [2.05, 4.69) is 25.3 Å². The summed E-state index contributed by atoms with van der Waals surface area (Å²) in [5.74, 6) is 0.875. The van der Waals surface area contributed by atoms with Gasteiger partial charge in [-0.1, -0.05) is 35.9 Å². The highest BCUT2D eigenvalue weighted by Gasteiger charge is 2.17. The Morgan fingerprint density at radius 2 is 1.76 bits per heavy atom. The number of nitrogens with one attached hydrogen (secondary N) is 3. The van der Waals surface area contributed by atoms with Crippen LogP contribution in [-0.4, -0.2) is 18.4 Å². The lowest BCUT2D eigenvalue weighted by Crippen LogP contribution is -2.15. The predicted molar refractivity (Wildman–Crippen MR) is 136 cm³/mol. The highest BCUT2D eigenvalue weighted by Crippen LogP contribution is 2.30. The van der Waals surface area contributed by atoms with Crippen molar-refractivity contribution in [2.75, 3.05) is 15.4 Å². The smallest absolute Gasteiger partial charge is 0.261 e. The number of hydrogen-bond donors (Lipinski definition) is 3. The third kappa shape index (κ3) is 4.83. The Morgan fingerprint density at radius 3 is 2.62 bits per heavy atom. The van der Waals surface area contributed by atoms with E-state index in [0.29, 0.717) is 28.9 Å². The highest BCUT2D eigenvalue weighted by atomic mass is 35.5. The summed E-state index contributed by atoms with van der Waals surface area (Å²) in [6.07, 6.45) is 2.88. The summed E-state index contributed by atoms with van der Waals surface area (Å²) in [4.78, 5) is 8.99. The largest absolute Gasteiger partial charge is 0.339 e. The van der Waals surface area contributed by atoms with Crippen molar-refractivity contribution in [3.63, 3.8) is 0 Å². The monoisotopic (exact) mass is 491 g/mol. The molecule has 1 aromatic heterocycles. The van der Waals surface area contributed by atoms with E-state index in [1.165, 1.54) is 6.20 Å². The van der Waals surface area contributed by atoms with Crippen LogP contribution in [0.25, 0.3) is 0 Å². The minimum absolute atomic E-state index is 0.227. The molecular formula is C25H22ClN5O2S. The van der Waals surface area contributed by atoms with Gasteiger partial charge in [-0.05, 0) is 78.9 Å². The molecule has 3 N–H and O–H groups in total. The molecule has 0 spiro atoms. The molecule has 0 amide bonds. The molecule has 9 heteroatoms. The van der Waals surface area contributed by atoms with E-state index in [-0.39, 0.29) is 4.90 Å². The molecule has 172 valence electrons. The summed E-state index contributed by atoms with van der Waals surface area (Å²) in [5.41, 5.74) is 4.96. The van der Waals surface area contributed by atoms with E-state index >= 15 is 0 Å². The van der Waals surface area contributed by atoms with Crippen LogP contribution >= 0.6 is 11.6 Å². The first-order valence-corrected chi connectivity index (χ1v) is 12.6. The summed E-state index contributed by atoms with van der Waals surface area (Å²) < 4.78 is 28.9. The first kappa shape index (κ1) is 22.2. The number of hydrogen-bond acceptors (Lipinski definition) is 6. The molecule has 0 aliphatic carbocycles. The molecule has 7 nitrogen and oxygen atoms in total. The van der Waals surface area contributed by atoms with Crippen LogP contribution in [0.3, 0.4) is 0 Å². The topological polar surface area (TPSA) is 96.0 Å². The zero-order chi connectivity index (χ0) is 23.7. The second-order valence-electron chi connectivity index (χ2n) is 8.13. The molecule has 0 saturated carbocycles. The van der Waals surface area contributed by atoms with Crippen LogP contribution in [-0.2, 0) is 22.9 Å². The number of aromatic nitrogens is 2. The number of sulfonamides is 1. The lowest BCUT2D eigenvalue weighted by Gasteiger charge is -2.16. The van der Waals surface area contributed by atoms with E-state index in [4.69, 9.17) is 11.6 Å². The van der Waals surface area contributed by atoms with Crippen molar-refractivity contribution in [1.82, 2.24) is 9.97 Å². The molecule has 0 saturated heterocycles. The first-order valence-electron chi connectivity index (χ1n) is 10.7. The molecule has 0 unspecified atom stereocenters. The molecule has 2 heterocycles. The van der Waals surface area contributed by atoms with Crippen LogP contribution in [0.15, 0.2) is 77.8 Å². The van der Waals surface area contributed by atoms with Crippen molar-refractivity contribution in [2.45, 2.75) is 24.7 Å². The normalized spacial score (nSPS) is 12.9. The zero-order valence-corrected chi connectivity index (χ0v) is 19.9. The van der Waals surface area contributed by atoms with E-state index in [1.807, 2.05) is 43.3 Å². The number of halogens is 1. The predicted octanol–water partition coefficient (Wildman–Crippen LogP) is 5.83. The molecule has 5 rings (SSSR count). The Bertz CT molecular complexity index is 1490. The molecule has 4 aromatic rings. The molecule has 0 fully saturated rings. The molecule has 6 bridgehead atoms. The van der Waals surface area contributed by atoms with Gasteiger partial charge in [-0.25, -0.2) is 13.4 Å². The maximum atomic E-state index is 13.1. The third-order valence-electron chi connectivity index (χ3n) is 5.52. The molecule has 1 aliphatic heterocycles. The van der Waals surface area contributed by atoms with Crippen LogP contribution in [0.1, 0.15) is 16.7 Å². The second kappa shape index (κ2) is 8.96. The van der Waals surface area contributed by atoms with Crippen molar-refractivity contribution in [2.24, 2.45) is 0 Å². The highest BCUT2D eigenvalue weighted by molar-refractivity contribution is 7.92. The van der Waals surface area contributed by atoms with E-state index in [0.717, 1.165) is 34.5 Å². The fourth-order valence-corrected chi connectivity index (χ4v) is 5.17. The van der Waals surface area contributed by atoms with Gasteiger partial charge in [-0.15, -0.1) is 0 Å². The van der Waals surface area contributed by atoms with Gasteiger partial charge in [-0.3, -0.25) is 4.72 Å². The summed E-state index contributed by atoms with van der Waals surface area (Å²) in [6.45, 7) is 1.87. The number of nitrogens with zero attached hydrogens (tertiary/aromatic N) is 2. The summed E-state index contributed by atoms with van der Waals surface area (Å²) in [6, 6.07) is 20.3. The van der Waals surface area contributed by atoms with Crippen LogP contribution in [0.5, 0.6) is 0 Å². The van der Waals surface area contributed by atoms with E-state index < -0.39 is 10.0 Å². The SMILES string of the molecule is Cc1cccc(S(=O)(=O)Nc2ccc3cc2CCc2cccc(c2)Nc2ncc(Cl)c(n2)N3)c1. The van der Waals surface area contributed by atoms with Crippen molar-refractivity contribution in [1.29, 1.82) is 0 Å². The molecule has 1 aliphatic rings. The number of aryl methyl sites for hydroxylation is 3. The van der Waals surface area contributed by atoms with Gasteiger partial charge >= 0.3 is 0 Å². The summed E-state index contributed by atoms with van der Waals surface area (Å²) >= 11 is 6.33. The fourth-order valence-electron chi connectivity index (χ4n) is 3.83. The van der Waals surface area contributed by atoms with Gasteiger partial charge in [0.15, 0.2) is 5.82 Å². The van der Waals surface area contributed by atoms with Gasteiger partial charge < -0.3 is 10.6 Å². The Kier molecular flexibility index (Phi) is 5.85. The quantitative estimate of drug-likeness (QED) is 0.334. The van der Waals surface area contributed by atoms with Crippen LogP contribution in [0, 0.1) is 6.92 Å². The van der Waals surface area contributed by atoms with Crippen molar-refractivity contribution in [3.8, 4) is 0 Å². The van der Waals surface area contributed by atoms with Gasteiger partial charge in [0.2, 0.25) is 5.95 Å². The number of fused-ring (bicyclic) bond motifs is 6. The molecule has 3 aromatic carbocycles. The average Bonchev–Trinajstić information content (AvgIpc) is 2.81. The van der Waals surface area contributed by atoms with Crippen molar-refractivity contribution in [3.05, 3.63) is 94.6 Å².